The molecular weight excluding hydrogens is 609 g/mol. The Morgan fingerprint density at radius 2 is 1.90 bits per heavy atom. The molecule has 0 atom stereocenters. The number of ether oxygens (including phenoxy) is 2. The van der Waals surface area contributed by atoms with Gasteiger partial charge < -0.3 is 19.4 Å². The number of Topliss-reactive ketones (excluding diaryl/α,β-unsaturated/α-hetero) is 1. The lowest BCUT2D eigenvalue weighted by molar-refractivity contribution is 0.0848. The number of para-hydroxylation sites is 1. The summed E-state index contributed by atoms with van der Waals surface area (Å²) in [6.07, 6.45) is 7.08. The number of hydrogen-bond donors (Lipinski definition) is 2. The molecule has 3 N–H and O–H groups in total. The number of benzene rings is 3. The van der Waals surface area contributed by atoms with Crippen molar-refractivity contribution in [3.63, 3.8) is 0 Å². The van der Waals surface area contributed by atoms with E-state index in [-0.39, 0.29) is 23.2 Å². The van der Waals surface area contributed by atoms with Crippen molar-refractivity contribution in [1.82, 2.24) is 19.7 Å². The SMILES string of the molecule is C=C(/C=N\N(N)c1ccc(Oc2ccccc2F)c(C)c1)C(=O)c1cc2cc(OC3CCN(C(C)C)CC3)c(-c3cnn(C)c3)cc2[nH]1. The second kappa shape index (κ2) is 13.8. The van der Waals surface area contributed by atoms with Gasteiger partial charge in [0, 0.05) is 60.0 Å². The van der Waals surface area contributed by atoms with Gasteiger partial charge in [-0.25, -0.2) is 10.2 Å². The summed E-state index contributed by atoms with van der Waals surface area (Å²) in [5.74, 6) is 6.78. The van der Waals surface area contributed by atoms with E-state index >= 15 is 0 Å². The molecule has 248 valence electrons. The third kappa shape index (κ3) is 7.17. The average molecular weight is 650 g/mol. The highest BCUT2D eigenvalue weighted by Crippen LogP contribution is 2.36. The Hall–Kier alpha value is -5.26. The third-order valence-corrected chi connectivity index (χ3v) is 8.59. The molecule has 0 amide bonds. The number of carbonyl (C=O) groups is 1. The first-order valence-corrected chi connectivity index (χ1v) is 16.0. The quantitative estimate of drug-likeness (QED) is 0.0513. The number of allylic oxidation sites excluding steroid dienone is 1. The van der Waals surface area contributed by atoms with Crippen molar-refractivity contribution in [3.05, 3.63) is 102 Å². The van der Waals surface area contributed by atoms with Crippen LogP contribution in [0.2, 0.25) is 0 Å². The summed E-state index contributed by atoms with van der Waals surface area (Å²) in [6, 6.07) is 17.6. The molecule has 0 saturated carbocycles. The highest BCUT2D eigenvalue weighted by Gasteiger charge is 2.24. The van der Waals surface area contributed by atoms with Gasteiger partial charge in [0.15, 0.2) is 11.6 Å². The minimum Gasteiger partial charge on any atom is -0.490 e. The fourth-order valence-corrected chi connectivity index (χ4v) is 5.82. The van der Waals surface area contributed by atoms with E-state index in [9.17, 15) is 9.18 Å². The number of ketones is 1. The van der Waals surface area contributed by atoms with Crippen LogP contribution in [0.3, 0.4) is 0 Å². The smallest absolute Gasteiger partial charge is 0.210 e. The molecule has 1 aliphatic heterocycles. The first kappa shape index (κ1) is 32.7. The van der Waals surface area contributed by atoms with Crippen LogP contribution in [-0.4, -0.2) is 56.9 Å². The van der Waals surface area contributed by atoms with E-state index in [1.165, 1.54) is 12.3 Å². The maximum absolute atomic E-state index is 14.0. The van der Waals surface area contributed by atoms with Crippen LogP contribution in [0, 0.1) is 12.7 Å². The van der Waals surface area contributed by atoms with Crippen LogP contribution in [0.1, 0.15) is 42.7 Å². The first-order chi connectivity index (χ1) is 23.0. The van der Waals surface area contributed by atoms with Gasteiger partial charge in [-0.1, -0.05) is 18.7 Å². The molecule has 3 aromatic carbocycles. The van der Waals surface area contributed by atoms with Crippen molar-refractivity contribution in [2.45, 2.75) is 45.8 Å². The molecule has 5 aromatic rings. The van der Waals surface area contributed by atoms with Gasteiger partial charge in [0.25, 0.3) is 0 Å². The van der Waals surface area contributed by atoms with Gasteiger partial charge in [-0.3, -0.25) is 9.48 Å². The number of likely N-dealkylation sites (tertiary alicyclic amines) is 1. The van der Waals surface area contributed by atoms with Crippen molar-refractivity contribution in [3.8, 4) is 28.4 Å². The number of hydrazone groups is 1. The highest BCUT2D eigenvalue weighted by atomic mass is 19.1. The molecule has 11 heteroatoms. The van der Waals surface area contributed by atoms with Crippen LogP contribution in [0.5, 0.6) is 17.2 Å². The fraction of sp³-hybridized carbons (Fsp3) is 0.270. The number of fused-ring (bicyclic) bond motifs is 1. The molecule has 2 aromatic heterocycles. The Labute approximate surface area is 279 Å². The highest BCUT2D eigenvalue weighted by molar-refractivity contribution is 6.21. The number of anilines is 1. The molecule has 0 radical (unpaired) electrons. The summed E-state index contributed by atoms with van der Waals surface area (Å²) in [5.41, 5.74) is 4.41. The number of rotatable bonds is 11. The maximum Gasteiger partial charge on any atom is 0.210 e. The zero-order valence-electron chi connectivity index (χ0n) is 27.6. The maximum atomic E-state index is 14.0. The van der Waals surface area contributed by atoms with Gasteiger partial charge in [-0.2, -0.15) is 15.3 Å². The van der Waals surface area contributed by atoms with E-state index in [1.807, 2.05) is 38.5 Å². The van der Waals surface area contributed by atoms with E-state index in [0.717, 1.165) is 64.4 Å². The van der Waals surface area contributed by atoms with E-state index in [2.05, 4.69) is 40.5 Å². The van der Waals surface area contributed by atoms with Gasteiger partial charge in [0.1, 0.15) is 17.6 Å². The molecule has 0 aliphatic carbocycles. The van der Waals surface area contributed by atoms with Gasteiger partial charge >= 0.3 is 0 Å². The van der Waals surface area contributed by atoms with Crippen LogP contribution >= 0.6 is 0 Å². The van der Waals surface area contributed by atoms with E-state index in [0.29, 0.717) is 23.2 Å². The average Bonchev–Trinajstić information content (AvgIpc) is 3.70. The molecule has 48 heavy (non-hydrogen) atoms. The number of halogens is 1. The molecule has 1 saturated heterocycles. The lowest BCUT2D eigenvalue weighted by atomic mass is 10.0. The molecule has 0 unspecified atom stereocenters. The van der Waals surface area contributed by atoms with Crippen LogP contribution in [0.25, 0.3) is 22.0 Å². The molecule has 0 spiro atoms. The molecule has 3 heterocycles. The number of aryl methyl sites for hydroxylation is 2. The summed E-state index contributed by atoms with van der Waals surface area (Å²) >= 11 is 0. The van der Waals surface area contributed by atoms with E-state index in [4.69, 9.17) is 15.3 Å². The summed E-state index contributed by atoms with van der Waals surface area (Å²) in [4.78, 5) is 19.2. The number of nitrogens with one attached hydrogen (secondary N) is 1. The Balaban J connectivity index is 1.17. The largest absolute Gasteiger partial charge is 0.490 e. The number of H-pyrrole nitrogens is 1. The molecule has 1 fully saturated rings. The van der Waals surface area contributed by atoms with Gasteiger partial charge in [-0.05, 0) is 87.7 Å². The number of carbonyl (C=O) groups excluding carboxylic acids is 1. The summed E-state index contributed by atoms with van der Waals surface area (Å²) < 4.78 is 28.1. The topological polar surface area (TPSA) is 114 Å². The van der Waals surface area contributed by atoms with Gasteiger partial charge in [-0.15, -0.1) is 0 Å². The Kier molecular flexibility index (Phi) is 9.42. The van der Waals surface area contributed by atoms with Gasteiger partial charge in [0.05, 0.1) is 23.8 Å². The number of aromatic nitrogens is 3. The Morgan fingerprint density at radius 1 is 1.12 bits per heavy atom. The number of piperidine rings is 1. The zero-order chi connectivity index (χ0) is 33.9. The van der Waals surface area contributed by atoms with Crippen LogP contribution in [-0.2, 0) is 7.05 Å². The van der Waals surface area contributed by atoms with Crippen molar-refractivity contribution in [1.29, 1.82) is 0 Å². The van der Waals surface area contributed by atoms with E-state index in [1.54, 1.807) is 47.1 Å². The monoisotopic (exact) mass is 649 g/mol. The molecule has 1 aliphatic rings. The molecular formula is C37H40FN7O3. The standard InChI is InChI=1S/C37H40FN7O3/c1-23(2)44-14-12-29(13-15-44)47-36-18-26-17-33(42-32(26)19-30(36)27-21-40-43(5)22-27)37(46)25(4)20-41-45(39)28-10-11-34(24(3)16-28)48-35-9-7-6-8-31(35)38/h6-11,16-23,29,42H,4,12-15,39H2,1-3,5H3/b41-20-. The second-order valence-electron chi connectivity index (χ2n) is 12.4. The molecule has 10 nitrogen and oxygen atoms in total. The van der Waals surface area contributed by atoms with E-state index < -0.39 is 5.82 Å². The zero-order valence-corrected chi connectivity index (χ0v) is 27.6. The minimum absolute atomic E-state index is 0.0995. The number of hydrogen-bond acceptors (Lipinski definition) is 8. The first-order valence-electron chi connectivity index (χ1n) is 16.0. The van der Waals surface area contributed by atoms with Crippen molar-refractivity contribution >= 4 is 28.6 Å². The fourth-order valence-electron chi connectivity index (χ4n) is 5.82. The Bertz CT molecular complexity index is 1990. The normalized spacial score (nSPS) is 14.2. The number of nitrogens with two attached hydrogens (primary N) is 1. The van der Waals surface area contributed by atoms with Gasteiger partial charge in [0.2, 0.25) is 5.78 Å². The molecule has 0 bridgehead atoms. The number of nitrogens with zero attached hydrogens (tertiary/aromatic N) is 5. The predicted molar refractivity (Wildman–Crippen MR) is 187 cm³/mol. The lowest BCUT2D eigenvalue weighted by Crippen LogP contribution is -2.41. The van der Waals surface area contributed by atoms with Crippen molar-refractivity contribution in [2.75, 3.05) is 18.2 Å². The lowest BCUT2D eigenvalue weighted by Gasteiger charge is -2.34. The second-order valence-corrected chi connectivity index (χ2v) is 12.4. The van der Waals surface area contributed by atoms with Crippen LogP contribution < -0.4 is 20.4 Å². The third-order valence-electron chi connectivity index (χ3n) is 8.59. The number of hydrazine groups is 1. The van der Waals surface area contributed by atoms with Crippen molar-refractivity contribution < 1.29 is 18.7 Å². The van der Waals surface area contributed by atoms with Crippen LogP contribution in [0.15, 0.2) is 90.3 Å². The number of aromatic amines is 1. The summed E-state index contributed by atoms with van der Waals surface area (Å²) in [6.45, 7) is 12.2. The van der Waals surface area contributed by atoms with Crippen LogP contribution in [0.4, 0.5) is 10.1 Å². The Morgan fingerprint density at radius 3 is 2.58 bits per heavy atom. The summed E-state index contributed by atoms with van der Waals surface area (Å²) in [7, 11) is 1.88. The summed E-state index contributed by atoms with van der Waals surface area (Å²) in [5, 5.41) is 10.6. The minimum atomic E-state index is -0.454. The van der Waals surface area contributed by atoms with Crippen molar-refractivity contribution in [2.24, 2.45) is 18.0 Å². The molecule has 6 rings (SSSR count). The predicted octanol–water partition coefficient (Wildman–Crippen LogP) is 7.16.